The van der Waals surface area contributed by atoms with Crippen molar-refractivity contribution in [1.29, 1.82) is 0 Å². The Morgan fingerprint density at radius 1 is 1.54 bits per heavy atom. The van der Waals surface area contributed by atoms with Crippen molar-refractivity contribution in [3.8, 4) is 0 Å². The molecule has 0 aliphatic heterocycles. The second kappa shape index (κ2) is 4.35. The minimum absolute atomic E-state index is 0.121. The van der Waals surface area contributed by atoms with Crippen molar-refractivity contribution in [2.24, 2.45) is 5.73 Å². The van der Waals surface area contributed by atoms with Crippen LogP contribution in [-0.2, 0) is 6.42 Å². The molecule has 0 spiro atoms. The number of benzene rings is 1. The summed E-state index contributed by atoms with van der Waals surface area (Å²) < 4.78 is 12.8. The van der Waals surface area contributed by atoms with Gasteiger partial charge in [0.05, 0.1) is 6.10 Å². The first-order chi connectivity index (χ1) is 6.19. The molecule has 1 aromatic carbocycles. The lowest BCUT2D eigenvalue weighted by Gasteiger charge is -2.12. The van der Waals surface area contributed by atoms with E-state index in [4.69, 9.17) is 5.73 Å². The molecule has 1 unspecified atom stereocenters. The van der Waals surface area contributed by atoms with Gasteiger partial charge in [0.1, 0.15) is 5.82 Å². The zero-order valence-corrected chi connectivity index (χ0v) is 7.63. The maximum absolute atomic E-state index is 12.8. The highest BCUT2D eigenvalue weighted by atomic mass is 19.1. The Balaban J connectivity index is 3.07. The molecule has 0 bridgehead atoms. The van der Waals surface area contributed by atoms with Crippen molar-refractivity contribution in [2.75, 3.05) is 6.54 Å². The van der Waals surface area contributed by atoms with Gasteiger partial charge in [-0.05, 0) is 29.7 Å². The largest absolute Gasteiger partial charge is 0.387 e. The normalized spacial score (nSPS) is 12.9. The fourth-order valence-electron chi connectivity index (χ4n) is 1.32. The SMILES string of the molecule is CCc1ccc(F)cc1C(O)CN. The predicted octanol–water partition coefficient (Wildman–Crippen LogP) is 1.38. The van der Waals surface area contributed by atoms with Crippen LogP contribution in [0.3, 0.4) is 0 Å². The summed E-state index contributed by atoms with van der Waals surface area (Å²) in [5.41, 5.74) is 6.85. The molecular formula is C10H14FNO. The average Bonchev–Trinajstić information content (AvgIpc) is 2.16. The van der Waals surface area contributed by atoms with Crippen LogP contribution in [0, 0.1) is 5.82 Å². The molecule has 0 saturated heterocycles. The molecule has 0 aliphatic carbocycles. The minimum Gasteiger partial charge on any atom is -0.387 e. The van der Waals surface area contributed by atoms with Gasteiger partial charge in [-0.15, -0.1) is 0 Å². The number of nitrogens with two attached hydrogens (primary N) is 1. The fourth-order valence-corrected chi connectivity index (χ4v) is 1.32. The number of aliphatic hydroxyl groups is 1. The van der Waals surface area contributed by atoms with E-state index in [1.165, 1.54) is 12.1 Å². The van der Waals surface area contributed by atoms with Crippen molar-refractivity contribution in [2.45, 2.75) is 19.4 Å². The van der Waals surface area contributed by atoms with Gasteiger partial charge in [0.15, 0.2) is 0 Å². The van der Waals surface area contributed by atoms with E-state index in [0.29, 0.717) is 5.56 Å². The molecule has 0 aliphatic rings. The van der Waals surface area contributed by atoms with Crippen LogP contribution in [0.2, 0.25) is 0 Å². The van der Waals surface area contributed by atoms with Crippen molar-refractivity contribution in [3.63, 3.8) is 0 Å². The molecular weight excluding hydrogens is 169 g/mol. The van der Waals surface area contributed by atoms with Crippen LogP contribution in [-0.4, -0.2) is 11.7 Å². The number of halogens is 1. The third kappa shape index (κ3) is 2.26. The van der Waals surface area contributed by atoms with Crippen LogP contribution in [0.5, 0.6) is 0 Å². The van der Waals surface area contributed by atoms with E-state index < -0.39 is 6.10 Å². The summed E-state index contributed by atoms with van der Waals surface area (Å²) in [5, 5.41) is 9.47. The maximum Gasteiger partial charge on any atom is 0.123 e. The second-order valence-electron chi connectivity index (χ2n) is 2.95. The lowest BCUT2D eigenvalue weighted by atomic mass is 10.0. The number of rotatable bonds is 3. The van der Waals surface area contributed by atoms with Crippen LogP contribution < -0.4 is 5.73 Å². The number of hydrogen-bond donors (Lipinski definition) is 2. The van der Waals surface area contributed by atoms with E-state index in [0.717, 1.165) is 12.0 Å². The molecule has 0 aromatic heterocycles. The Hall–Kier alpha value is -0.930. The van der Waals surface area contributed by atoms with E-state index in [1.54, 1.807) is 6.07 Å². The molecule has 0 radical (unpaired) electrons. The van der Waals surface area contributed by atoms with Gasteiger partial charge in [0.25, 0.3) is 0 Å². The van der Waals surface area contributed by atoms with Gasteiger partial charge >= 0.3 is 0 Å². The van der Waals surface area contributed by atoms with Crippen molar-refractivity contribution < 1.29 is 9.50 Å². The van der Waals surface area contributed by atoms with Gasteiger partial charge in [0, 0.05) is 6.54 Å². The third-order valence-electron chi connectivity index (χ3n) is 2.07. The first-order valence-electron chi connectivity index (χ1n) is 4.35. The number of aryl methyl sites for hydroxylation is 1. The Morgan fingerprint density at radius 3 is 2.77 bits per heavy atom. The Bertz CT molecular complexity index is 288. The van der Waals surface area contributed by atoms with E-state index in [1.807, 2.05) is 6.92 Å². The summed E-state index contributed by atoms with van der Waals surface area (Å²) in [5.74, 6) is -0.334. The third-order valence-corrected chi connectivity index (χ3v) is 2.07. The summed E-state index contributed by atoms with van der Waals surface area (Å²) in [6.07, 6.45) is 0.0119. The summed E-state index contributed by atoms with van der Waals surface area (Å²) in [4.78, 5) is 0. The summed E-state index contributed by atoms with van der Waals surface area (Å²) >= 11 is 0. The highest BCUT2D eigenvalue weighted by molar-refractivity contribution is 5.30. The van der Waals surface area contributed by atoms with Crippen LogP contribution in [0.25, 0.3) is 0 Å². The van der Waals surface area contributed by atoms with Gasteiger partial charge in [-0.25, -0.2) is 4.39 Å². The minimum atomic E-state index is -0.759. The van der Waals surface area contributed by atoms with Gasteiger partial charge in [-0.1, -0.05) is 13.0 Å². The highest BCUT2D eigenvalue weighted by Gasteiger charge is 2.10. The van der Waals surface area contributed by atoms with Crippen LogP contribution in [0.15, 0.2) is 18.2 Å². The monoisotopic (exact) mass is 183 g/mol. The zero-order valence-electron chi connectivity index (χ0n) is 7.63. The molecule has 3 heteroatoms. The Kier molecular flexibility index (Phi) is 3.39. The van der Waals surface area contributed by atoms with Gasteiger partial charge in [-0.3, -0.25) is 0 Å². The van der Waals surface area contributed by atoms with Crippen molar-refractivity contribution in [3.05, 3.63) is 35.1 Å². The van der Waals surface area contributed by atoms with Gasteiger partial charge in [-0.2, -0.15) is 0 Å². The van der Waals surface area contributed by atoms with Crippen molar-refractivity contribution in [1.82, 2.24) is 0 Å². The molecule has 13 heavy (non-hydrogen) atoms. The molecule has 0 amide bonds. The molecule has 72 valence electrons. The molecule has 1 aromatic rings. The molecule has 0 heterocycles. The summed E-state index contributed by atoms with van der Waals surface area (Å²) in [6, 6.07) is 4.42. The summed E-state index contributed by atoms with van der Waals surface area (Å²) in [6.45, 7) is 2.08. The van der Waals surface area contributed by atoms with E-state index in [9.17, 15) is 9.50 Å². The molecule has 0 fully saturated rings. The zero-order chi connectivity index (χ0) is 9.84. The lowest BCUT2D eigenvalue weighted by molar-refractivity contribution is 0.185. The Labute approximate surface area is 77.2 Å². The molecule has 3 N–H and O–H groups in total. The number of hydrogen-bond acceptors (Lipinski definition) is 2. The smallest absolute Gasteiger partial charge is 0.123 e. The number of aliphatic hydroxyl groups excluding tert-OH is 1. The maximum atomic E-state index is 12.8. The first kappa shape index (κ1) is 10.2. The van der Waals surface area contributed by atoms with Crippen molar-refractivity contribution >= 4 is 0 Å². The fraction of sp³-hybridized carbons (Fsp3) is 0.400. The standard InChI is InChI=1S/C10H14FNO/c1-2-7-3-4-8(11)5-9(7)10(13)6-12/h3-5,10,13H,2,6,12H2,1H3. The van der Waals surface area contributed by atoms with Crippen LogP contribution in [0.4, 0.5) is 4.39 Å². The molecule has 1 atom stereocenters. The van der Waals surface area contributed by atoms with Gasteiger partial charge in [0.2, 0.25) is 0 Å². The van der Waals surface area contributed by atoms with E-state index in [2.05, 4.69) is 0 Å². The lowest BCUT2D eigenvalue weighted by Crippen LogP contribution is -2.13. The quantitative estimate of drug-likeness (QED) is 0.743. The molecule has 2 nitrogen and oxygen atoms in total. The first-order valence-corrected chi connectivity index (χ1v) is 4.35. The molecule has 0 saturated carbocycles. The van der Waals surface area contributed by atoms with Crippen LogP contribution in [0.1, 0.15) is 24.2 Å². The van der Waals surface area contributed by atoms with Crippen LogP contribution >= 0.6 is 0 Å². The van der Waals surface area contributed by atoms with E-state index in [-0.39, 0.29) is 12.4 Å². The highest BCUT2D eigenvalue weighted by Crippen LogP contribution is 2.19. The molecule has 1 rings (SSSR count). The topological polar surface area (TPSA) is 46.2 Å². The van der Waals surface area contributed by atoms with E-state index >= 15 is 0 Å². The summed E-state index contributed by atoms with van der Waals surface area (Å²) in [7, 11) is 0. The average molecular weight is 183 g/mol. The van der Waals surface area contributed by atoms with Gasteiger partial charge < -0.3 is 10.8 Å². The second-order valence-corrected chi connectivity index (χ2v) is 2.95. The Morgan fingerprint density at radius 2 is 2.23 bits per heavy atom. The predicted molar refractivity (Wildman–Crippen MR) is 49.8 cm³/mol.